The molecule has 0 radical (unpaired) electrons. The number of amides is 3. The van der Waals surface area contributed by atoms with Crippen LogP contribution in [0.1, 0.15) is 39.5 Å². The Labute approximate surface area is 124 Å². The minimum Gasteiger partial charge on any atom is -0.481 e. The van der Waals surface area contributed by atoms with Gasteiger partial charge in [-0.2, -0.15) is 0 Å². The van der Waals surface area contributed by atoms with Crippen LogP contribution >= 0.6 is 0 Å². The molecule has 7 heteroatoms. The summed E-state index contributed by atoms with van der Waals surface area (Å²) in [6.07, 6.45) is 1.85. The summed E-state index contributed by atoms with van der Waals surface area (Å²) in [5.41, 5.74) is 0. The third-order valence-corrected chi connectivity index (χ3v) is 3.42. The smallest absolute Gasteiger partial charge is 0.315 e. The Morgan fingerprint density at radius 1 is 1.43 bits per heavy atom. The number of carboxylic acids is 1. The van der Waals surface area contributed by atoms with Crippen LogP contribution in [0.2, 0.25) is 0 Å². The number of carbonyl (C=O) groups is 3. The number of hydrogen-bond acceptors (Lipinski definition) is 3. The number of urea groups is 1. The SMILES string of the molecule is CC(C)C[C@H](CNC(=O)NC1CCC(=O)NC1)CC(=O)O. The van der Waals surface area contributed by atoms with Crippen molar-refractivity contribution in [2.45, 2.75) is 45.6 Å². The van der Waals surface area contributed by atoms with E-state index in [4.69, 9.17) is 5.11 Å². The highest BCUT2D eigenvalue weighted by atomic mass is 16.4. The fourth-order valence-electron chi connectivity index (χ4n) is 2.48. The summed E-state index contributed by atoms with van der Waals surface area (Å²) in [5.74, 6) is -0.531. The van der Waals surface area contributed by atoms with E-state index in [1.807, 2.05) is 13.8 Å². The standard InChI is InChI=1S/C14H25N3O4/c1-9(2)5-10(6-13(19)20)7-16-14(21)17-11-3-4-12(18)15-8-11/h9-11H,3-8H2,1-2H3,(H,15,18)(H,19,20)(H2,16,17,21)/t10-,11?/m0/s1. The third-order valence-electron chi connectivity index (χ3n) is 3.42. The molecule has 1 fully saturated rings. The molecule has 1 rings (SSSR count). The van der Waals surface area contributed by atoms with Gasteiger partial charge in [0.2, 0.25) is 5.91 Å². The molecule has 120 valence electrons. The first kappa shape index (κ1) is 17.3. The van der Waals surface area contributed by atoms with Gasteiger partial charge in [0, 0.05) is 32.0 Å². The number of nitrogens with one attached hydrogen (secondary N) is 3. The summed E-state index contributed by atoms with van der Waals surface area (Å²) in [5, 5.41) is 17.1. The molecule has 21 heavy (non-hydrogen) atoms. The van der Waals surface area contributed by atoms with Crippen LogP contribution in [-0.2, 0) is 9.59 Å². The minimum absolute atomic E-state index is 0.00640. The molecular formula is C14H25N3O4. The average Bonchev–Trinajstić information content (AvgIpc) is 2.37. The van der Waals surface area contributed by atoms with Crippen LogP contribution in [0, 0.1) is 11.8 Å². The summed E-state index contributed by atoms with van der Waals surface area (Å²) in [6.45, 7) is 4.84. The lowest BCUT2D eigenvalue weighted by molar-refractivity contribution is -0.138. The van der Waals surface area contributed by atoms with E-state index < -0.39 is 5.97 Å². The Morgan fingerprint density at radius 3 is 2.67 bits per heavy atom. The average molecular weight is 299 g/mol. The Balaban J connectivity index is 2.31. The highest BCUT2D eigenvalue weighted by Crippen LogP contribution is 2.14. The lowest BCUT2D eigenvalue weighted by Gasteiger charge is -2.24. The van der Waals surface area contributed by atoms with Crippen LogP contribution < -0.4 is 16.0 Å². The molecule has 0 aliphatic carbocycles. The normalized spacial score (nSPS) is 19.8. The van der Waals surface area contributed by atoms with Crippen LogP contribution in [-0.4, -0.2) is 42.1 Å². The second-order valence-corrected chi connectivity index (χ2v) is 5.99. The van der Waals surface area contributed by atoms with Crippen molar-refractivity contribution in [1.82, 2.24) is 16.0 Å². The van der Waals surface area contributed by atoms with Crippen LogP contribution in [0.5, 0.6) is 0 Å². The van der Waals surface area contributed by atoms with Crippen LogP contribution in [0.4, 0.5) is 4.79 Å². The molecule has 1 unspecified atom stereocenters. The van der Waals surface area contributed by atoms with Crippen molar-refractivity contribution < 1.29 is 19.5 Å². The van der Waals surface area contributed by atoms with Crippen molar-refractivity contribution in [2.24, 2.45) is 11.8 Å². The number of aliphatic carboxylic acids is 1. The molecule has 0 aromatic carbocycles. The van der Waals surface area contributed by atoms with Gasteiger partial charge in [0.1, 0.15) is 0 Å². The van der Waals surface area contributed by atoms with Crippen LogP contribution in [0.25, 0.3) is 0 Å². The largest absolute Gasteiger partial charge is 0.481 e. The number of carboxylic acid groups (broad SMARTS) is 1. The minimum atomic E-state index is -0.849. The first-order valence-corrected chi connectivity index (χ1v) is 7.39. The van der Waals surface area contributed by atoms with Gasteiger partial charge in [0.05, 0.1) is 0 Å². The van der Waals surface area contributed by atoms with E-state index in [1.54, 1.807) is 0 Å². The van der Waals surface area contributed by atoms with Gasteiger partial charge in [0.15, 0.2) is 0 Å². The second-order valence-electron chi connectivity index (χ2n) is 5.99. The third kappa shape index (κ3) is 7.53. The first-order valence-electron chi connectivity index (χ1n) is 7.39. The van der Waals surface area contributed by atoms with Gasteiger partial charge in [-0.3, -0.25) is 9.59 Å². The Kier molecular flexibility index (Phi) is 6.98. The fraction of sp³-hybridized carbons (Fsp3) is 0.786. The van der Waals surface area contributed by atoms with Gasteiger partial charge >= 0.3 is 12.0 Å². The molecule has 0 spiro atoms. The zero-order valence-corrected chi connectivity index (χ0v) is 12.6. The lowest BCUT2D eigenvalue weighted by atomic mass is 9.94. The summed E-state index contributed by atoms with van der Waals surface area (Å²) < 4.78 is 0. The molecule has 2 atom stereocenters. The summed E-state index contributed by atoms with van der Waals surface area (Å²) in [4.78, 5) is 33.6. The van der Waals surface area contributed by atoms with E-state index in [-0.39, 0.29) is 30.3 Å². The molecule has 0 saturated carbocycles. The van der Waals surface area contributed by atoms with Gasteiger partial charge < -0.3 is 21.1 Å². The van der Waals surface area contributed by atoms with Crippen molar-refractivity contribution >= 4 is 17.9 Å². The van der Waals surface area contributed by atoms with E-state index in [0.29, 0.717) is 31.8 Å². The second kappa shape index (κ2) is 8.49. The topological polar surface area (TPSA) is 108 Å². The predicted octanol–water partition coefficient (Wildman–Crippen LogP) is 0.701. The maximum absolute atomic E-state index is 11.8. The molecule has 0 aromatic heterocycles. The molecule has 1 aliphatic rings. The number of hydrogen-bond donors (Lipinski definition) is 4. The first-order chi connectivity index (χ1) is 9.86. The van der Waals surface area contributed by atoms with Crippen molar-refractivity contribution in [1.29, 1.82) is 0 Å². The van der Waals surface area contributed by atoms with Crippen molar-refractivity contribution in [3.63, 3.8) is 0 Å². The monoisotopic (exact) mass is 299 g/mol. The summed E-state index contributed by atoms with van der Waals surface area (Å²) in [7, 11) is 0. The molecule has 7 nitrogen and oxygen atoms in total. The number of carbonyl (C=O) groups excluding carboxylic acids is 2. The van der Waals surface area contributed by atoms with Gasteiger partial charge in [-0.15, -0.1) is 0 Å². The molecule has 4 N–H and O–H groups in total. The quantitative estimate of drug-likeness (QED) is 0.555. The van der Waals surface area contributed by atoms with E-state index in [1.165, 1.54) is 0 Å². The maximum atomic E-state index is 11.8. The van der Waals surface area contributed by atoms with Crippen molar-refractivity contribution in [3.8, 4) is 0 Å². The van der Waals surface area contributed by atoms with Crippen molar-refractivity contribution in [2.75, 3.05) is 13.1 Å². The van der Waals surface area contributed by atoms with E-state index in [0.717, 1.165) is 6.42 Å². The Bertz CT molecular complexity index is 374. The van der Waals surface area contributed by atoms with E-state index in [2.05, 4.69) is 16.0 Å². The number of rotatable bonds is 7. The van der Waals surface area contributed by atoms with Gasteiger partial charge in [-0.1, -0.05) is 13.8 Å². The molecular weight excluding hydrogens is 274 g/mol. The van der Waals surface area contributed by atoms with Crippen LogP contribution in [0.3, 0.4) is 0 Å². The van der Waals surface area contributed by atoms with Crippen molar-refractivity contribution in [3.05, 3.63) is 0 Å². The molecule has 3 amide bonds. The molecule has 1 aliphatic heterocycles. The highest BCUT2D eigenvalue weighted by Gasteiger charge is 2.20. The predicted molar refractivity (Wildman–Crippen MR) is 77.8 cm³/mol. The maximum Gasteiger partial charge on any atom is 0.315 e. The fourth-order valence-corrected chi connectivity index (χ4v) is 2.48. The summed E-state index contributed by atoms with van der Waals surface area (Å²) >= 11 is 0. The molecule has 0 aromatic rings. The zero-order chi connectivity index (χ0) is 15.8. The molecule has 1 heterocycles. The molecule has 0 bridgehead atoms. The highest BCUT2D eigenvalue weighted by molar-refractivity contribution is 5.78. The summed E-state index contributed by atoms with van der Waals surface area (Å²) in [6, 6.07) is -0.374. The van der Waals surface area contributed by atoms with Gasteiger partial charge in [-0.25, -0.2) is 4.79 Å². The van der Waals surface area contributed by atoms with E-state index >= 15 is 0 Å². The lowest BCUT2D eigenvalue weighted by Crippen LogP contribution is -2.51. The van der Waals surface area contributed by atoms with Gasteiger partial charge in [-0.05, 0) is 24.7 Å². The number of piperidine rings is 1. The van der Waals surface area contributed by atoms with Crippen LogP contribution in [0.15, 0.2) is 0 Å². The Morgan fingerprint density at radius 2 is 2.14 bits per heavy atom. The Hall–Kier alpha value is -1.79. The van der Waals surface area contributed by atoms with Gasteiger partial charge in [0.25, 0.3) is 0 Å². The molecule has 1 saturated heterocycles. The zero-order valence-electron chi connectivity index (χ0n) is 12.6. The van der Waals surface area contributed by atoms with E-state index in [9.17, 15) is 14.4 Å².